The highest BCUT2D eigenvalue weighted by atomic mass is 19.1. The summed E-state index contributed by atoms with van der Waals surface area (Å²) in [5.41, 5.74) is 1.08. The van der Waals surface area contributed by atoms with Gasteiger partial charge in [-0.05, 0) is 45.0 Å². The number of halogens is 1. The Morgan fingerprint density at radius 3 is 2.72 bits per heavy atom. The lowest BCUT2D eigenvalue weighted by Crippen LogP contribution is -2.42. The molecule has 0 bridgehead atoms. The quantitative estimate of drug-likeness (QED) is 0.518. The molecule has 0 aliphatic carbocycles. The first-order valence-corrected chi connectivity index (χ1v) is 9.83. The normalized spacial score (nSPS) is 13.1. The van der Waals surface area contributed by atoms with Gasteiger partial charge in [-0.2, -0.15) is 15.6 Å². The van der Waals surface area contributed by atoms with Crippen molar-refractivity contribution in [3.63, 3.8) is 0 Å². The molecule has 32 heavy (non-hydrogen) atoms. The minimum atomic E-state index is -1.66. The molecule has 164 valence electrons. The Bertz CT molecular complexity index is 1230. The molecule has 3 rings (SSSR count). The lowest BCUT2D eigenvalue weighted by Gasteiger charge is -2.22. The van der Waals surface area contributed by atoms with Crippen molar-refractivity contribution in [3.05, 3.63) is 47.8 Å². The van der Waals surface area contributed by atoms with Crippen LogP contribution in [0.2, 0.25) is 0 Å². The van der Waals surface area contributed by atoms with E-state index in [2.05, 4.69) is 20.7 Å². The van der Waals surface area contributed by atoms with E-state index in [0.717, 1.165) is 0 Å². The van der Waals surface area contributed by atoms with Gasteiger partial charge in [-0.1, -0.05) is 0 Å². The molecule has 0 unspecified atom stereocenters. The fraction of sp³-hybridized carbons (Fsp3) is 0.318. The van der Waals surface area contributed by atoms with Crippen LogP contribution in [0.4, 0.5) is 10.1 Å². The number of pyridine rings is 1. The minimum Gasteiger partial charge on any atom is -0.387 e. The standard InChI is InChI=1S/C22H22FN7O2/c1-13(8-24)29-17-7-18(19-5-4-15-6-14(9-25)10-28-30(15)19)26-11-16(17)21(31)27-12-20(23)22(2,3)32/h4-7,10-11,13,20,32H,12H2,1-3H3,(H,26,29)(H,27,31)/t13-,20+/m0/s1. The molecule has 0 saturated heterocycles. The van der Waals surface area contributed by atoms with E-state index in [1.807, 2.05) is 12.1 Å². The van der Waals surface area contributed by atoms with Gasteiger partial charge >= 0.3 is 0 Å². The lowest BCUT2D eigenvalue weighted by atomic mass is 10.0. The second kappa shape index (κ2) is 9.00. The predicted molar refractivity (Wildman–Crippen MR) is 115 cm³/mol. The number of nitrogens with one attached hydrogen (secondary N) is 2. The molecule has 0 fully saturated rings. The number of aliphatic hydroxyl groups is 1. The van der Waals surface area contributed by atoms with Crippen molar-refractivity contribution < 1.29 is 14.3 Å². The van der Waals surface area contributed by atoms with Crippen LogP contribution < -0.4 is 10.6 Å². The van der Waals surface area contributed by atoms with Crippen molar-refractivity contribution in [3.8, 4) is 23.5 Å². The van der Waals surface area contributed by atoms with Crippen LogP contribution in [0, 0.1) is 22.7 Å². The number of fused-ring (bicyclic) bond motifs is 1. The van der Waals surface area contributed by atoms with Crippen LogP contribution in [0.5, 0.6) is 0 Å². The number of rotatable bonds is 7. The number of carbonyl (C=O) groups excluding carboxylic acids is 1. The number of amides is 1. The molecule has 0 spiro atoms. The van der Waals surface area contributed by atoms with Gasteiger partial charge in [0.25, 0.3) is 5.91 Å². The Morgan fingerprint density at radius 1 is 1.31 bits per heavy atom. The van der Waals surface area contributed by atoms with Crippen LogP contribution in [-0.4, -0.2) is 50.0 Å². The van der Waals surface area contributed by atoms with Gasteiger partial charge in [0, 0.05) is 6.20 Å². The van der Waals surface area contributed by atoms with Gasteiger partial charge in [0.2, 0.25) is 0 Å². The van der Waals surface area contributed by atoms with Crippen LogP contribution >= 0.6 is 0 Å². The van der Waals surface area contributed by atoms with Crippen molar-refractivity contribution in [2.24, 2.45) is 0 Å². The molecule has 2 atom stereocenters. The Kier molecular flexibility index (Phi) is 6.37. The van der Waals surface area contributed by atoms with Crippen molar-refractivity contribution in [2.45, 2.75) is 38.6 Å². The van der Waals surface area contributed by atoms with E-state index in [9.17, 15) is 19.6 Å². The smallest absolute Gasteiger partial charge is 0.255 e. The zero-order chi connectivity index (χ0) is 23.5. The van der Waals surface area contributed by atoms with Gasteiger partial charge in [-0.3, -0.25) is 9.78 Å². The molecule has 9 nitrogen and oxygen atoms in total. The second-order valence-corrected chi connectivity index (χ2v) is 7.85. The van der Waals surface area contributed by atoms with Gasteiger partial charge < -0.3 is 15.7 Å². The fourth-order valence-electron chi connectivity index (χ4n) is 2.94. The summed E-state index contributed by atoms with van der Waals surface area (Å²) in [6, 6.07) is 10.3. The summed E-state index contributed by atoms with van der Waals surface area (Å²) in [5.74, 6) is -0.597. The molecule has 3 aromatic heterocycles. The monoisotopic (exact) mass is 435 g/mol. The van der Waals surface area contributed by atoms with Crippen LogP contribution in [0.25, 0.3) is 16.9 Å². The van der Waals surface area contributed by atoms with E-state index >= 15 is 0 Å². The Morgan fingerprint density at radius 2 is 2.06 bits per heavy atom. The molecule has 3 N–H and O–H groups in total. The zero-order valence-corrected chi connectivity index (χ0v) is 17.8. The lowest BCUT2D eigenvalue weighted by molar-refractivity contribution is -0.00177. The third-order valence-corrected chi connectivity index (χ3v) is 4.81. The van der Waals surface area contributed by atoms with Crippen molar-refractivity contribution in [1.29, 1.82) is 10.5 Å². The number of nitriles is 2. The average Bonchev–Trinajstić information content (AvgIpc) is 3.19. The molecule has 10 heteroatoms. The van der Waals surface area contributed by atoms with Gasteiger partial charge in [0.15, 0.2) is 0 Å². The van der Waals surface area contributed by atoms with E-state index in [-0.39, 0.29) is 12.1 Å². The summed E-state index contributed by atoms with van der Waals surface area (Å²) < 4.78 is 15.6. The zero-order valence-electron chi connectivity index (χ0n) is 17.8. The summed E-state index contributed by atoms with van der Waals surface area (Å²) in [6.07, 6.45) is 1.10. The first kappa shape index (κ1) is 22.7. The van der Waals surface area contributed by atoms with Crippen LogP contribution in [0.15, 0.2) is 36.7 Å². The third-order valence-electron chi connectivity index (χ3n) is 4.81. The van der Waals surface area contributed by atoms with Crippen LogP contribution in [-0.2, 0) is 0 Å². The van der Waals surface area contributed by atoms with E-state index in [1.54, 1.807) is 35.7 Å². The number of anilines is 1. The number of hydrogen-bond donors (Lipinski definition) is 3. The molecule has 0 aromatic carbocycles. The Labute approximate surface area is 184 Å². The topological polar surface area (TPSA) is 139 Å². The summed E-state index contributed by atoms with van der Waals surface area (Å²) >= 11 is 0. The molecule has 0 radical (unpaired) electrons. The van der Waals surface area contributed by atoms with Gasteiger partial charge in [-0.25, -0.2) is 8.91 Å². The van der Waals surface area contributed by atoms with Crippen molar-refractivity contribution >= 4 is 17.1 Å². The maximum Gasteiger partial charge on any atom is 0.255 e. The molecular weight excluding hydrogens is 413 g/mol. The van der Waals surface area contributed by atoms with Gasteiger partial charge in [-0.15, -0.1) is 0 Å². The molecule has 3 aromatic rings. The number of nitrogens with zero attached hydrogens (tertiary/aromatic N) is 5. The van der Waals surface area contributed by atoms with Gasteiger partial charge in [0.1, 0.15) is 18.3 Å². The highest BCUT2D eigenvalue weighted by molar-refractivity contribution is 6.00. The van der Waals surface area contributed by atoms with Crippen LogP contribution in [0.3, 0.4) is 0 Å². The van der Waals surface area contributed by atoms with E-state index in [4.69, 9.17) is 5.26 Å². The molecule has 3 heterocycles. The Balaban J connectivity index is 1.96. The third kappa shape index (κ3) is 4.82. The van der Waals surface area contributed by atoms with E-state index < -0.39 is 23.7 Å². The largest absolute Gasteiger partial charge is 0.387 e. The fourth-order valence-corrected chi connectivity index (χ4v) is 2.94. The molecule has 0 saturated carbocycles. The summed E-state index contributed by atoms with van der Waals surface area (Å²) in [4.78, 5) is 17.0. The van der Waals surface area contributed by atoms with Gasteiger partial charge in [0.05, 0.1) is 58.1 Å². The maximum atomic E-state index is 14.0. The Hall–Kier alpha value is -4.02. The number of hydrogen-bond acceptors (Lipinski definition) is 7. The highest BCUT2D eigenvalue weighted by Crippen LogP contribution is 2.26. The number of carbonyl (C=O) groups is 1. The molecule has 1 amide bonds. The average molecular weight is 435 g/mol. The molecular formula is C22H22FN7O2. The first-order valence-electron chi connectivity index (χ1n) is 9.83. The predicted octanol–water partition coefficient (Wildman–Crippen LogP) is 2.43. The summed E-state index contributed by atoms with van der Waals surface area (Å²) in [7, 11) is 0. The van der Waals surface area contributed by atoms with E-state index in [0.29, 0.717) is 28.2 Å². The highest BCUT2D eigenvalue weighted by Gasteiger charge is 2.27. The molecule has 0 aliphatic heterocycles. The number of alkyl halides is 1. The maximum absolute atomic E-state index is 14.0. The SMILES string of the molecule is C[C@@H](C#N)Nc1cc(-c2ccc3cc(C#N)cnn23)ncc1C(=O)NC[C@@H](F)C(C)(C)O. The first-order chi connectivity index (χ1) is 15.1. The van der Waals surface area contributed by atoms with E-state index in [1.165, 1.54) is 26.2 Å². The van der Waals surface area contributed by atoms with Crippen molar-refractivity contribution in [1.82, 2.24) is 19.9 Å². The summed E-state index contributed by atoms with van der Waals surface area (Å²) in [6.45, 7) is 3.88. The second-order valence-electron chi connectivity index (χ2n) is 7.85. The summed E-state index contributed by atoms with van der Waals surface area (Å²) in [5, 5.41) is 37.6. The van der Waals surface area contributed by atoms with Crippen molar-refractivity contribution in [2.75, 3.05) is 11.9 Å². The van der Waals surface area contributed by atoms with Crippen LogP contribution in [0.1, 0.15) is 36.7 Å². The number of aromatic nitrogens is 3. The molecule has 0 aliphatic rings. The minimum absolute atomic E-state index is 0.124.